The Morgan fingerprint density at radius 1 is 0.420 bits per heavy atom. The molecule has 50 heavy (non-hydrogen) atoms. The summed E-state index contributed by atoms with van der Waals surface area (Å²) in [4.78, 5) is 16.3. The van der Waals surface area contributed by atoms with Crippen LogP contribution in [0.4, 0.5) is 0 Å². The van der Waals surface area contributed by atoms with E-state index in [-0.39, 0.29) is 0 Å². The number of benzene rings is 5. The summed E-state index contributed by atoms with van der Waals surface area (Å²) in [6.07, 6.45) is 17.3. The average Bonchev–Trinajstić information content (AvgIpc) is 3.71. The van der Waals surface area contributed by atoms with Crippen LogP contribution in [0, 0.1) is 0 Å². The molecular formula is C45H33N5. The van der Waals surface area contributed by atoms with Gasteiger partial charge in [-0.3, -0.25) is 9.13 Å². The van der Waals surface area contributed by atoms with Gasteiger partial charge in [-0.2, -0.15) is 15.0 Å². The molecule has 5 heteroatoms. The van der Waals surface area contributed by atoms with Crippen LogP contribution < -0.4 is 0 Å². The zero-order valence-corrected chi connectivity index (χ0v) is 27.5. The van der Waals surface area contributed by atoms with Gasteiger partial charge in [-0.05, 0) is 72.2 Å². The summed E-state index contributed by atoms with van der Waals surface area (Å²) in [6.45, 7) is 0. The molecule has 0 radical (unpaired) electrons. The summed E-state index contributed by atoms with van der Waals surface area (Å²) >= 11 is 0. The molecule has 0 saturated carbocycles. The second-order valence-corrected chi connectivity index (χ2v) is 13.0. The lowest BCUT2D eigenvalue weighted by Crippen LogP contribution is -2.11. The van der Waals surface area contributed by atoms with Crippen LogP contribution in [-0.2, 0) is 0 Å². The van der Waals surface area contributed by atoms with E-state index in [9.17, 15) is 0 Å². The first kappa shape index (κ1) is 28.7. The molecule has 0 atom stereocenters. The third-order valence-electron chi connectivity index (χ3n) is 10.2. The minimum atomic E-state index is 0.597. The predicted molar refractivity (Wildman–Crippen MR) is 207 cm³/mol. The van der Waals surface area contributed by atoms with Gasteiger partial charge in [0.2, 0.25) is 11.9 Å². The Bertz CT molecular complexity index is 2480. The fourth-order valence-corrected chi connectivity index (χ4v) is 7.92. The first-order valence-electron chi connectivity index (χ1n) is 17.4. The maximum absolute atomic E-state index is 5.46. The van der Waals surface area contributed by atoms with Gasteiger partial charge in [0, 0.05) is 27.1 Å². The number of aromatic nitrogens is 5. The molecular weight excluding hydrogens is 611 g/mol. The number of fused-ring (bicyclic) bond motifs is 6. The van der Waals surface area contributed by atoms with Crippen LogP contribution in [0.15, 0.2) is 152 Å². The molecule has 8 aromatic rings. The number of hydrogen-bond donors (Lipinski definition) is 0. The Labute approximate surface area is 289 Å². The predicted octanol–water partition coefficient (Wildman–Crippen LogP) is 11.2. The Balaban J connectivity index is 1.35. The molecule has 0 unspecified atom stereocenters. The Morgan fingerprint density at radius 3 is 1.20 bits per heavy atom. The molecule has 3 heterocycles. The summed E-state index contributed by atoms with van der Waals surface area (Å²) in [5.41, 5.74) is 10.3. The lowest BCUT2D eigenvalue weighted by Gasteiger charge is -2.21. The highest BCUT2D eigenvalue weighted by molar-refractivity contribution is 6.10. The molecule has 0 spiro atoms. The fourth-order valence-electron chi connectivity index (χ4n) is 7.92. The van der Waals surface area contributed by atoms with Gasteiger partial charge in [0.05, 0.1) is 22.1 Å². The average molecular weight is 644 g/mol. The smallest absolute Gasteiger partial charge is 0.240 e. The van der Waals surface area contributed by atoms with Crippen molar-refractivity contribution in [2.45, 2.75) is 25.7 Å². The minimum absolute atomic E-state index is 0.597. The number of nitrogens with zero attached hydrogens (tertiary/aromatic N) is 5. The first-order valence-corrected chi connectivity index (χ1v) is 17.4. The van der Waals surface area contributed by atoms with Crippen molar-refractivity contribution in [2.75, 3.05) is 0 Å². The topological polar surface area (TPSA) is 48.5 Å². The Kier molecular flexibility index (Phi) is 6.69. The largest absolute Gasteiger partial charge is 0.278 e. The second kappa shape index (κ2) is 11.7. The molecule has 5 nitrogen and oxygen atoms in total. The van der Waals surface area contributed by atoms with Crippen LogP contribution in [-0.4, -0.2) is 24.1 Å². The minimum Gasteiger partial charge on any atom is -0.278 e. The normalized spacial score (nSPS) is 14.6. The lowest BCUT2D eigenvalue weighted by molar-refractivity contribution is 0.891. The van der Waals surface area contributed by atoms with Crippen molar-refractivity contribution in [3.05, 3.63) is 163 Å². The third-order valence-corrected chi connectivity index (χ3v) is 10.2. The molecule has 0 fully saturated rings. The van der Waals surface area contributed by atoms with Crippen LogP contribution in [0.3, 0.4) is 0 Å². The van der Waals surface area contributed by atoms with Crippen molar-refractivity contribution in [1.29, 1.82) is 0 Å². The van der Waals surface area contributed by atoms with Crippen molar-refractivity contribution in [3.63, 3.8) is 0 Å². The van der Waals surface area contributed by atoms with Crippen molar-refractivity contribution in [3.8, 4) is 23.3 Å². The first-order chi connectivity index (χ1) is 24.8. The molecule has 238 valence electrons. The van der Waals surface area contributed by atoms with E-state index in [4.69, 9.17) is 15.0 Å². The van der Waals surface area contributed by atoms with E-state index in [2.05, 4.69) is 161 Å². The highest BCUT2D eigenvalue weighted by atomic mass is 15.3. The lowest BCUT2D eigenvalue weighted by atomic mass is 9.86. The molecule has 0 bridgehead atoms. The summed E-state index contributed by atoms with van der Waals surface area (Å²) in [7, 11) is 0. The maximum Gasteiger partial charge on any atom is 0.240 e. The summed E-state index contributed by atoms with van der Waals surface area (Å²) in [6, 6.07) is 40.8. The van der Waals surface area contributed by atoms with Crippen molar-refractivity contribution in [1.82, 2.24) is 24.1 Å². The summed E-state index contributed by atoms with van der Waals surface area (Å²) in [5, 5.41) is 4.68. The quantitative estimate of drug-likeness (QED) is 0.187. The number of rotatable bonds is 5. The molecule has 10 rings (SSSR count). The monoisotopic (exact) mass is 643 g/mol. The third kappa shape index (κ3) is 4.51. The van der Waals surface area contributed by atoms with Crippen LogP contribution in [0.2, 0.25) is 0 Å². The van der Waals surface area contributed by atoms with E-state index in [1.165, 1.54) is 43.8 Å². The maximum atomic E-state index is 5.46. The van der Waals surface area contributed by atoms with Gasteiger partial charge in [-0.15, -0.1) is 0 Å². The van der Waals surface area contributed by atoms with Gasteiger partial charge in [-0.25, -0.2) is 0 Å². The van der Waals surface area contributed by atoms with Gasteiger partial charge in [0.25, 0.3) is 0 Å². The van der Waals surface area contributed by atoms with Crippen LogP contribution in [0.5, 0.6) is 0 Å². The molecule has 2 aliphatic carbocycles. The van der Waals surface area contributed by atoms with Gasteiger partial charge in [0.15, 0.2) is 5.82 Å². The molecule has 0 aliphatic heterocycles. The van der Waals surface area contributed by atoms with E-state index in [0.717, 1.165) is 53.3 Å². The zero-order valence-electron chi connectivity index (χ0n) is 27.5. The van der Waals surface area contributed by atoms with E-state index in [0.29, 0.717) is 17.7 Å². The zero-order chi connectivity index (χ0) is 33.0. The number of hydrogen-bond acceptors (Lipinski definition) is 3. The summed E-state index contributed by atoms with van der Waals surface area (Å²) in [5.74, 6) is 1.87. The van der Waals surface area contributed by atoms with Crippen LogP contribution in [0.25, 0.3) is 78.0 Å². The molecule has 5 aromatic carbocycles. The Morgan fingerprint density at radius 2 is 0.820 bits per heavy atom. The number of para-hydroxylation sites is 4. The van der Waals surface area contributed by atoms with Crippen LogP contribution in [0.1, 0.15) is 36.8 Å². The van der Waals surface area contributed by atoms with Gasteiger partial charge in [0.1, 0.15) is 0 Å². The van der Waals surface area contributed by atoms with Gasteiger partial charge < -0.3 is 0 Å². The Hall–Kier alpha value is -6.33. The van der Waals surface area contributed by atoms with Crippen molar-refractivity contribution >= 4 is 54.8 Å². The molecule has 3 aromatic heterocycles. The molecule has 0 saturated heterocycles. The van der Waals surface area contributed by atoms with Crippen molar-refractivity contribution in [2.24, 2.45) is 0 Å². The standard InChI is InChI=1S/C45H33N5/c1-3-16-30(17-4-1)32-24-15-25-33(31-18-5-2-6-19-31)42(32)43-46-44(49-38-26-11-7-20-34(38)35-21-8-12-27-39(35)49)48-45(47-43)50-40-28-13-9-22-36(40)37-23-10-14-29-41(37)50/h1-3,5,7-16,18,20-29H,4,6,17,19H2. The van der Waals surface area contributed by atoms with E-state index >= 15 is 0 Å². The SMILES string of the molecule is C1=CCCC(c2cccc(C3=CC=CCC3)c2-c2nc(-n3c4ccccc4c4ccccc43)nc(-n3c4ccccc4c4ccccc43)n2)=C1. The molecule has 0 N–H and O–H groups in total. The highest BCUT2D eigenvalue weighted by Gasteiger charge is 2.24. The molecule has 2 aliphatic rings. The van der Waals surface area contributed by atoms with Gasteiger partial charge >= 0.3 is 0 Å². The number of allylic oxidation sites excluding steroid dienone is 8. The van der Waals surface area contributed by atoms with Crippen LogP contribution >= 0.6 is 0 Å². The fraction of sp³-hybridized carbons (Fsp3) is 0.0889. The molecule has 0 amide bonds. The second-order valence-electron chi connectivity index (χ2n) is 13.0. The van der Waals surface area contributed by atoms with Crippen molar-refractivity contribution < 1.29 is 0 Å². The summed E-state index contributed by atoms with van der Waals surface area (Å²) < 4.78 is 4.42. The van der Waals surface area contributed by atoms with E-state index in [1.807, 2.05) is 0 Å². The van der Waals surface area contributed by atoms with E-state index < -0.39 is 0 Å². The van der Waals surface area contributed by atoms with E-state index in [1.54, 1.807) is 0 Å². The van der Waals surface area contributed by atoms with Gasteiger partial charge in [-0.1, -0.05) is 127 Å². The highest BCUT2D eigenvalue weighted by Crippen LogP contribution is 2.40.